The average Bonchev–Trinajstić information content (AvgIpc) is 2.73. The van der Waals surface area contributed by atoms with Crippen molar-refractivity contribution in [3.05, 3.63) is 41.2 Å². The van der Waals surface area contributed by atoms with E-state index in [0.29, 0.717) is 0 Å². The van der Waals surface area contributed by atoms with Crippen LogP contribution < -0.4 is 10.5 Å². The Kier molecular flexibility index (Phi) is 3.69. The second-order valence-corrected chi connectivity index (χ2v) is 4.20. The van der Waals surface area contributed by atoms with Crippen molar-refractivity contribution >= 4 is 5.69 Å². The van der Waals surface area contributed by atoms with Crippen molar-refractivity contribution < 1.29 is 13.5 Å². The molecule has 0 unspecified atom stereocenters. The summed E-state index contributed by atoms with van der Waals surface area (Å²) >= 11 is 0. The largest absolute Gasteiger partial charge is 0.484 e. The number of aromatic nitrogens is 2. The standard InChI is InChI=1S/C13H15F2N3O/c1-3-8-4-9(18(2)17-8)7-19-13-6-10(14)12(16)5-11(13)15/h4-6H,3,7,16H2,1-2H3. The number of anilines is 1. The normalized spacial score (nSPS) is 10.7. The zero-order chi connectivity index (χ0) is 14.0. The fourth-order valence-electron chi connectivity index (χ4n) is 1.69. The number of hydrogen-bond donors (Lipinski definition) is 1. The van der Waals surface area contributed by atoms with Gasteiger partial charge < -0.3 is 10.5 Å². The summed E-state index contributed by atoms with van der Waals surface area (Å²) in [5.41, 5.74) is 6.73. The Balaban J connectivity index is 2.14. The molecule has 4 nitrogen and oxygen atoms in total. The fourth-order valence-corrected chi connectivity index (χ4v) is 1.69. The smallest absolute Gasteiger partial charge is 0.167 e. The van der Waals surface area contributed by atoms with Crippen LogP contribution in [0.1, 0.15) is 18.3 Å². The molecular weight excluding hydrogens is 252 g/mol. The zero-order valence-corrected chi connectivity index (χ0v) is 10.8. The monoisotopic (exact) mass is 267 g/mol. The van der Waals surface area contributed by atoms with Gasteiger partial charge in [0.2, 0.25) is 0 Å². The number of rotatable bonds is 4. The summed E-state index contributed by atoms with van der Waals surface area (Å²) in [6.45, 7) is 2.10. The molecule has 2 N–H and O–H groups in total. The highest BCUT2D eigenvalue weighted by molar-refractivity contribution is 5.44. The summed E-state index contributed by atoms with van der Waals surface area (Å²) in [5, 5.41) is 4.24. The molecule has 1 aromatic carbocycles. The van der Waals surface area contributed by atoms with Crippen LogP contribution in [-0.2, 0) is 20.1 Å². The maximum atomic E-state index is 13.5. The second-order valence-electron chi connectivity index (χ2n) is 4.20. The lowest BCUT2D eigenvalue weighted by Gasteiger charge is -2.08. The number of benzene rings is 1. The summed E-state index contributed by atoms with van der Waals surface area (Å²) in [6, 6.07) is 3.72. The second kappa shape index (κ2) is 5.26. The van der Waals surface area contributed by atoms with Gasteiger partial charge in [-0.15, -0.1) is 0 Å². The van der Waals surface area contributed by atoms with Gasteiger partial charge in [0.05, 0.1) is 17.1 Å². The minimum atomic E-state index is -0.698. The molecule has 6 heteroatoms. The van der Waals surface area contributed by atoms with Gasteiger partial charge in [0.25, 0.3) is 0 Å². The maximum Gasteiger partial charge on any atom is 0.167 e. The number of halogens is 2. The highest BCUT2D eigenvalue weighted by Crippen LogP contribution is 2.23. The number of nitrogens with zero attached hydrogens (tertiary/aromatic N) is 2. The Morgan fingerprint density at radius 1 is 1.26 bits per heavy atom. The van der Waals surface area contributed by atoms with Gasteiger partial charge >= 0.3 is 0 Å². The van der Waals surface area contributed by atoms with Crippen molar-refractivity contribution in [3.63, 3.8) is 0 Å². The molecule has 0 aliphatic carbocycles. The average molecular weight is 267 g/mol. The number of ether oxygens (including phenoxy) is 1. The van der Waals surface area contributed by atoms with Crippen molar-refractivity contribution in [1.82, 2.24) is 9.78 Å². The van der Waals surface area contributed by atoms with Crippen molar-refractivity contribution in [2.75, 3.05) is 5.73 Å². The van der Waals surface area contributed by atoms with E-state index in [4.69, 9.17) is 10.5 Å². The Morgan fingerprint density at radius 3 is 2.63 bits per heavy atom. The molecule has 0 atom stereocenters. The molecule has 0 bridgehead atoms. The first kappa shape index (κ1) is 13.3. The van der Waals surface area contributed by atoms with Gasteiger partial charge in [-0.3, -0.25) is 4.68 Å². The van der Waals surface area contributed by atoms with Gasteiger partial charge in [-0.2, -0.15) is 5.10 Å². The van der Waals surface area contributed by atoms with Crippen LogP contribution in [0.4, 0.5) is 14.5 Å². The third-order valence-electron chi connectivity index (χ3n) is 2.82. The molecule has 2 rings (SSSR count). The summed E-state index contributed by atoms with van der Waals surface area (Å²) in [7, 11) is 1.78. The Morgan fingerprint density at radius 2 is 2.00 bits per heavy atom. The molecule has 0 amide bonds. The van der Waals surface area contributed by atoms with E-state index >= 15 is 0 Å². The predicted molar refractivity (Wildman–Crippen MR) is 67.7 cm³/mol. The molecule has 1 aromatic heterocycles. The Bertz CT molecular complexity index is 596. The Labute approximate surface area is 109 Å². The van der Waals surface area contributed by atoms with Crippen molar-refractivity contribution in [3.8, 4) is 5.75 Å². The molecule has 1 heterocycles. The van der Waals surface area contributed by atoms with E-state index in [-0.39, 0.29) is 18.0 Å². The fraction of sp³-hybridized carbons (Fsp3) is 0.308. The molecule has 0 saturated carbocycles. The van der Waals surface area contributed by atoms with Crippen LogP contribution in [0, 0.1) is 11.6 Å². The van der Waals surface area contributed by atoms with Crippen LogP contribution in [0.2, 0.25) is 0 Å². The van der Waals surface area contributed by atoms with Crippen LogP contribution in [-0.4, -0.2) is 9.78 Å². The zero-order valence-electron chi connectivity index (χ0n) is 10.8. The van der Waals surface area contributed by atoms with Gasteiger partial charge in [-0.05, 0) is 12.5 Å². The van der Waals surface area contributed by atoms with Gasteiger partial charge in [-0.25, -0.2) is 8.78 Å². The molecule has 0 aliphatic heterocycles. The number of nitrogens with two attached hydrogens (primary N) is 1. The minimum Gasteiger partial charge on any atom is -0.484 e. The van der Waals surface area contributed by atoms with Crippen molar-refractivity contribution in [1.29, 1.82) is 0 Å². The van der Waals surface area contributed by atoms with Crippen LogP contribution in [0.3, 0.4) is 0 Å². The summed E-state index contributed by atoms with van der Waals surface area (Å²) in [6.07, 6.45) is 0.804. The first-order valence-corrected chi connectivity index (χ1v) is 5.90. The lowest BCUT2D eigenvalue weighted by atomic mass is 10.3. The van der Waals surface area contributed by atoms with Crippen LogP contribution in [0.5, 0.6) is 5.75 Å². The van der Waals surface area contributed by atoms with E-state index in [1.807, 2.05) is 13.0 Å². The molecule has 0 radical (unpaired) electrons. The summed E-state index contributed by atoms with van der Waals surface area (Å²) in [4.78, 5) is 0. The molecular formula is C13H15F2N3O. The van der Waals surface area contributed by atoms with E-state index in [1.165, 1.54) is 0 Å². The third kappa shape index (κ3) is 2.83. The lowest BCUT2D eigenvalue weighted by Crippen LogP contribution is -2.04. The quantitative estimate of drug-likeness (QED) is 0.865. The van der Waals surface area contributed by atoms with Gasteiger partial charge in [0, 0.05) is 19.2 Å². The summed E-state index contributed by atoms with van der Waals surface area (Å²) in [5.74, 6) is -1.54. The minimum absolute atomic E-state index is 0.115. The van der Waals surface area contributed by atoms with Crippen LogP contribution in [0.25, 0.3) is 0 Å². The first-order chi connectivity index (χ1) is 9.01. The molecule has 19 heavy (non-hydrogen) atoms. The predicted octanol–water partition coefficient (Wildman–Crippen LogP) is 2.42. The molecule has 0 saturated heterocycles. The van der Waals surface area contributed by atoms with Gasteiger partial charge in [0.1, 0.15) is 12.4 Å². The van der Waals surface area contributed by atoms with E-state index in [0.717, 1.165) is 29.9 Å². The number of aryl methyl sites for hydroxylation is 2. The maximum absolute atomic E-state index is 13.5. The Hall–Kier alpha value is -2.11. The number of nitrogen functional groups attached to an aromatic ring is 1. The van der Waals surface area contributed by atoms with Crippen LogP contribution in [0.15, 0.2) is 18.2 Å². The molecule has 0 aliphatic rings. The van der Waals surface area contributed by atoms with E-state index in [2.05, 4.69) is 5.10 Å². The highest BCUT2D eigenvalue weighted by Gasteiger charge is 2.11. The molecule has 2 aromatic rings. The van der Waals surface area contributed by atoms with Crippen molar-refractivity contribution in [2.24, 2.45) is 7.05 Å². The van der Waals surface area contributed by atoms with E-state index < -0.39 is 11.6 Å². The summed E-state index contributed by atoms with van der Waals surface area (Å²) < 4.78 is 33.7. The van der Waals surface area contributed by atoms with Gasteiger partial charge in [0.15, 0.2) is 11.6 Å². The van der Waals surface area contributed by atoms with Crippen LogP contribution >= 0.6 is 0 Å². The van der Waals surface area contributed by atoms with Crippen molar-refractivity contribution in [2.45, 2.75) is 20.0 Å². The topological polar surface area (TPSA) is 53.1 Å². The lowest BCUT2D eigenvalue weighted by molar-refractivity contribution is 0.279. The van der Waals surface area contributed by atoms with E-state index in [1.54, 1.807) is 11.7 Å². The van der Waals surface area contributed by atoms with E-state index in [9.17, 15) is 8.78 Å². The first-order valence-electron chi connectivity index (χ1n) is 5.90. The van der Waals surface area contributed by atoms with Gasteiger partial charge in [-0.1, -0.05) is 6.92 Å². The third-order valence-corrected chi connectivity index (χ3v) is 2.82. The molecule has 0 fully saturated rings. The number of hydrogen-bond acceptors (Lipinski definition) is 3. The molecule has 102 valence electrons. The highest BCUT2D eigenvalue weighted by atomic mass is 19.1. The molecule has 0 spiro atoms. The SMILES string of the molecule is CCc1cc(COc2cc(F)c(N)cc2F)n(C)n1.